The third kappa shape index (κ3) is 6.52. The first kappa shape index (κ1) is 20.0. The van der Waals surface area contributed by atoms with Crippen molar-refractivity contribution >= 4 is 18.1 Å². The van der Waals surface area contributed by atoms with Crippen LogP contribution in [0.5, 0.6) is 0 Å². The Bertz CT molecular complexity index is 630. The van der Waals surface area contributed by atoms with Crippen LogP contribution in [0.2, 0.25) is 0 Å². The first-order valence-electron chi connectivity index (χ1n) is 9.16. The number of nitrogens with one attached hydrogen (secondary N) is 1. The molecule has 0 spiro atoms. The Hall–Kier alpha value is -2.34. The van der Waals surface area contributed by atoms with Crippen molar-refractivity contribution in [3.63, 3.8) is 0 Å². The maximum atomic E-state index is 12.0. The molecule has 0 aliphatic carbocycles. The fraction of sp³-hybridized carbons (Fsp3) is 0.500. The molecular weight excluding hydrogens is 332 g/mol. The zero-order valence-electron chi connectivity index (χ0n) is 15.3. The highest BCUT2D eigenvalue weighted by Gasteiger charge is 2.24. The van der Waals surface area contributed by atoms with Gasteiger partial charge in [0.05, 0.1) is 13.2 Å². The smallest absolute Gasteiger partial charge is 0.407 e. The number of unbranched alkanes of at least 4 members (excludes halogenated alkanes) is 1. The molecule has 1 atom stereocenters. The lowest BCUT2D eigenvalue weighted by atomic mass is 10.1. The van der Waals surface area contributed by atoms with Gasteiger partial charge < -0.3 is 20.1 Å². The van der Waals surface area contributed by atoms with Gasteiger partial charge in [0.2, 0.25) is 5.91 Å². The number of ether oxygens (including phenoxy) is 1. The van der Waals surface area contributed by atoms with Crippen molar-refractivity contribution < 1.29 is 19.4 Å². The molecular formula is C20H28N2O4. The highest BCUT2D eigenvalue weighted by Crippen LogP contribution is 2.15. The van der Waals surface area contributed by atoms with E-state index in [1.54, 1.807) is 4.90 Å². The van der Waals surface area contributed by atoms with Crippen molar-refractivity contribution in [1.29, 1.82) is 0 Å². The standard InChI is InChI=1S/C20H28N2O4/c1-16-7-6-11-22(16)19(24)14-21-20(25)26-12-4-2-3-8-17-9-5-10-18(13-17)15-23/h3,5,8-10,13,16,23H,2,4,6-7,11-12,14-15H2,1H3,(H,21,25)/b8-3+. The molecule has 1 aromatic carbocycles. The van der Waals surface area contributed by atoms with Crippen LogP contribution in [0.4, 0.5) is 4.79 Å². The molecule has 0 saturated carbocycles. The molecule has 2 rings (SSSR count). The lowest BCUT2D eigenvalue weighted by Crippen LogP contribution is -2.41. The number of rotatable bonds is 8. The second kappa shape index (κ2) is 10.6. The van der Waals surface area contributed by atoms with Gasteiger partial charge in [0, 0.05) is 12.6 Å². The minimum atomic E-state index is -0.551. The summed E-state index contributed by atoms with van der Waals surface area (Å²) in [5, 5.41) is 11.6. The average Bonchev–Trinajstić information content (AvgIpc) is 3.08. The van der Waals surface area contributed by atoms with E-state index in [-0.39, 0.29) is 25.1 Å². The predicted molar refractivity (Wildman–Crippen MR) is 100 cm³/mol. The molecule has 1 unspecified atom stereocenters. The van der Waals surface area contributed by atoms with E-state index in [0.29, 0.717) is 13.0 Å². The van der Waals surface area contributed by atoms with E-state index in [4.69, 9.17) is 9.84 Å². The van der Waals surface area contributed by atoms with E-state index in [1.165, 1.54) is 0 Å². The number of amides is 2. The molecule has 1 fully saturated rings. The molecule has 2 N–H and O–H groups in total. The maximum Gasteiger partial charge on any atom is 0.407 e. The van der Waals surface area contributed by atoms with Gasteiger partial charge in [-0.05, 0) is 49.8 Å². The van der Waals surface area contributed by atoms with E-state index in [1.807, 2.05) is 43.3 Å². The Labute approximate surface area is 154 Å². The Kier molecular flexibility index (Phi) is 8.15. The molecule has 2 amide bonds. The van der Waals surface area contributed by atoms with Crippen LogP contribution in [-0.4, -0.2) is 47.7 Å². The molecule has 1 aliphatic rings. The van der Waals surface area contributed by atoms with Gasteiger partial charge in [-0.1, -0.05) is 30.4 Å². The number of hydrogen-bond acceptors (Lipinski definition) is 4. The number of benzene rings is 1. The molecule has 0 radical (unpaired) electrons. The van der Waals surface area contributed by atoms with Crippen LogP contribution in [0, 0.1) is 0 Å². The van der Waals surface area contributed by atoms with Crippen molar-refractivity contribution in [2.45, 2.75) is 45.3 Å². The number of carbonyl (C=O) groups excluding carboxylic acids is 2. The molecule has 0 aromatic heterocycles. The molecule has 6 nitrogen and oxygen atoms in total. The summed E-state index contributed by atoms with van der Waals surface area (Å²) in [5.41, 5.74) is 1.91. The Morgan fingerprint density at radius 2 is 2.27 bits per heavy atom. The van der Waals surface area contributed by atoms with Crippen LogP contribution in [0.1, 0.15) is 43.7 Å². The van der Waals surface area contributed by atoms with Crippen molar-refractivity contribution in [2.75, 3.05) is 19.7 Å². The highest BCUT2D eigenvalue weighted by molar-refractivity contribution is 5.82. The number of allylic oxidation sites excluding steroid dienone is 1. The van der Waals surface area contributed by atoms with E-state index in [9.17, 15) is 9.59 Å². The number of carbonyl (C=O) groups is 2. The Morgan fingerprint density at radius 3 is 3.00 bits per heavy atom. The highest BCUT2D eigenvalue weighted by atomic mass is 16.5. The van der Waals surface area contributed by atoms with E-state index < -0.39 is 6.09 Å². The van der Waals surface area contributed by atoms with Crippen LogP contribution in [0.15, 0.2) is 30.3 Å². The average molecular weight is 360 g/mol. The normalized spacial score (nSPS) is 16.8. The summed E-state index contributed by atoms with van der Waals surface area (Å²) in [7, 11) is 0. The SMILES string of the molecule is CC1CCCN1C(=O)CNC(=O)OCCC/C=C/c1cccc(CO)c1. The van der Waals surface area contributed by atoms with Crippen molar-refractivity contribution in [3.8, 4) is 0 Å². The first-order chi connectivity index (χ1) is 12.6. The van der Waals surface area contributed by atoms with Crippen molar-refractivity contribution in [1.82, 2.24) is 10.2 Å². The minimum Gasteiger partial charge on any atom is -0.450 e. The summed E-state index contributed by atoms with van der Waals surface area (Å²) < 4.78 is 5.08. The van der Waals surface area contributed by atoms with Gasteiger partial charge in [-0.2, -0.15) is 0 Å². The second-order valence-corrected chi connectivity index (χ2v) is 6.52. The zero-order chi connectivity index (χ0) is 18.8. The predicted octanol–water partition coefficient (Wildman–Crippen LogP) is 2.71. The summed E-state index contributed by atoms with van der Waals surface area (Å²) in [4.78, 5) is 25.4. The fourth-order valence-electron chi connectivity index (χ4n) is 2.98. The van der Waals surface area contributed by atoms with E-state index >= 15 is 0 Å². The van der Waals surface area contributed by atoms with Crippen LogP contribution in [0.25, 0.3) is 6.08 Å². The summed E-state index contributed by atoms with van der Waals surface area (Å²) in [6.07, 6.45) is 6.97. The third-order valence-corrected chi connectivity index (χ3v) is 4.45. The second-order valence-electron chi connectivity index (χ2n) is 6.52. The number of hydrogen-bond donors (Lipinski definition) is 2. The largest absolute Gasteiger partial charge is 0.450 e. The van der Waals surface area contributed by atoms with Gasteiger partial charge in [0.1, 0.15) is 6.54 Å². The molecule has 26 heavy (non-hydrogen) atoms. The summed E-state index contributed by atoms with van der Waals surface area (Å²) >= 11 is 0. The van der Waals surface area contributed by atoms with Gasteiger partial charge >= 0.3 is 6.09 Å². The van der Waals surface area contributed by atoms with Crippen LogP contribution in [-0.2, 0) is 16.1 Å². The quantitative estimate of drug-likeness (QED) is 0.699. The number of aliphatic hydroxyl groups is 1. The van der Waals surface area contributed by atoms with Gasteiger partial charge in [-0.15, -0.1) is 0 Å². The fourth-order valence-corrected chi connectivity index (χ4v) is 2.98. The molecule has 1 aliphatic heterocycles. The third-order valence-electron chi connectivity index (χ3n) is 4.45. The van der Waals surface area contributed by atoms with E-state index in [0.717, 1.165) is 36.9 Å². The molecule has 0 bridgehead atoms. The summed E-state index contributed by atoms with van der Waals surface area (Å²) in [5.74, 6) is -0.0556. The van der Waals surface area contributed by atoms with Crippen LogP contribution >= 0.6 is 0 Å². The van der Waals surface area contributed by atoms with Gasteiger partial charge in [0.15, 0.2) is 0 Å². The monoisotopic (exact) mass is 360 g/mol. The zero-order valence-corrected chi connectivity index (χ0v) is 15.3. The lowest BCUT2D eigenvalue weighted by molar-refractivity contribution is -0.130. The van der Waals surface area contributed by atoms with Gasteiger partial charge in [-0.3, -0.25) is 4.79 Å². The lowest BCUT2D eigenvalue weighted by Gasteiger charge is -2.21. The van der Waals surface area contributed by atoms with Gasteiger partial charge in [-0.25, -0.2) is 4.79 Å². The van der Waals surface area contributed by atoms with Crippen LogP contribution < -0.4 is 5.32 Å². The summed E-state index contributed by atoms with van der Waals surface area (Å²) in [6.45, 7) is 3.12. The number of nitrogens with zero attached hydrogens (tertiary/aromatic N) is 1. The maximum absolute atomic E-state index is 12.0. The number of aliphatic hydroxyl groups excluding tert-OH is 1. The van der Waals surface area contributed by atoms with Gasteiger partial charge in [0.25, 0.3) is 0 Å². The van der Waals surface area contributed by atoms with Crippen molar-refractivity contribution in [2.24, 2.45) is 0 Å². The molecule has 6 heteroatoms. The Balaban J connectivity index is 1.57. The number of alkyl carbamates (subject to hydrolysis) is 1. The van der Waals surface area contributed by atoms with E-state index in [2.05, 4.69) is 5.32 Å². The Morgan fingerprint density at radius 1 is 1.42 bits per heavy atom. The minimum absolute atomic E-state index is 0.00965. The molecule has 1 aromatic rings. The molecule has 142 valence electrons. The number of likely N-dealkylation sites (tertiary alicyclic amines) is 1. The summed E-state index contributed by atoms with van der Waals surface area (Å²) in [6, 6.07) is 7.93. The molecule has 1 heterocycles. The van der Waals surface area contributed by atoms with Crippen molar-refractivity contribution in [3.05, 3.63) is 41.5 Å². The molecule has 1 saturated heterocycles. The topological polar surface area (TPSA) is 78.9 Å². The first-order valence-corrected chi connectivity index (χ1v) is 9.16. The van der Waals surface area contributed by atoms with Crippen LogP contribution in [0.3, 0.4) is 0 Å².